The van der Waals surface area contributed by atoms with Crippen molar-refractivity contribution in [3.63, 3.8) is 0 Å². The maximum Gasteiger partial charge on any atom is 1.00 e. The van der Waals surface area contributed by atoms with E-state index in [2.05, 4.69) is 51.6 Å². The molecule has 0 bridgehead atoms. The number of hydrogen-bond acceptors (Lipinski definition) is 12. The number of aromatic nitrogens is 3. The fourth-order valence-corrected chi connectivity index (χ4v) is 4.48. The number of pyridine rings is 3. The Kier molecular flexibility index (Phi) is 50.6. The van der Waals surface area contributed by atoms with E-state index >= 15 is 0 Å². The van der Waals surface area contributed by atoms with Gasteiger partial charge in [-0.1, -0.05) is 141 Å². The molecule has 0 aliphatic heterocycles. The summed E-state index contributed by atoms with van der Waals surface area (Å²) in [6.07, 6.45) is 5.38. The Labute approximate surface area is 434 Å². The van der Waals surface area contributed by atoms with E-state index in [0.717, 1.165) is 28.1 Å². The van der Waals surface area contributed by atoms with Crippen LogP contribution < -0.4 is 96.9 Å². The van der Waals surface area contributed by atoms with Crippen molar-refractivity contribution in [1.29, 1.82) is 0 Å². The van der Waals surface area contributed by atoms with Gasteiger partial charge >= 0.3 is 59.1 Å². The van der Waals surface area contributed by atoms with Crippen LogP contribution in [0.4, 0.5) is 5.82 Å². The number of Topliss-reactive ketones (excluding diaryl/α,β-unsaturated/α-hetero) is 3. The van der Waals surface area contributed by atoms with Gasteiger partial charge in [-0.15, -0.1) is 0 Å². The first kappa shape index (κ1) is 67.3. The molecule has 3 aromatic heterocycles. The van der Waals surface area contributed by atoms with E-state index in [-0.39, 0.29) is 113 Å². The summed E-state index contributed by atoms with van der Waals surface area (Å²) in [5.74, 6) is 0.962. The van der Waals surface area contributed by atoms with Crippen LogP contribution in [0.2, 0.25) is 0 Å². The molecule has 0 aliphatic carbocycles. The van der Waals surface area contributed by atoms with Gasteiger partial charge in [-0.25, -0.2) is 4.98 Å². The summed E-state index contributed by atoms with van der Waals surface area (Å²) < 4.78 is 1.95. The normalized spacial score (nSPS) is 8.23. The summed E-state index contributed by atoms with van der Waals surface area (Å²) >= 11 is 6.20. The van der Waals surface area contributed by atoms with Crippen LogP contribution >= 0.6 is 31.9 Å². The second kappa shape index (κ2) is 46.7. The first-order valence-electron chi connectivity index (χ1n) is 16.9. The third kappa shape index (κ3) is 35.7. The summed E-state index contributed by atoms with van der Waals surface area (Å²) in [6, 6.07) is 45.0. The van der Waals surface area contributed by atoms with Gasteiger partial charge in [0.15, 0.2) is 23.5 Å². The summed E-state index contributed by atoms with van der Waals surface area (Å²) in [4.78, 5) is 64.1. The van der Waals surface area contributed by atoms with Crippen molar-refractivity contribution < 1.29 is 132 Å². The van der Waals surface area contributed by atoms with Crippen LogP contribution in [0.15, 0.2) is 164 Å². The predicted molar refractivity (Wildman–Crippen MR) is 229 cm³/mol. The minimum Gasteiger partial charge on any atom is -1.00 e. The summed E-state index contributed by atoms with van der Waals surface area (Å²) in [5.41, 5.74) is 9.70. The molecule has 0 unspecified atom stereocenters. The zero-order valence-corrected chi connectivity index (χ0v) is 43.3. The molecule has 6 rings (SSSR count). The molecule has 14 nitrogen and oxygen atoms in total. The van der Waals surface area contributed by atoms with Crippen molar-refractivity contribution in [2.45, 2.75) is 20.4 Å². The third-order valence-corrected chi connectivity index (χ3v) is 7.61. The molecule has 0 saturated carbocycles. The molecule has 0 spiro atoms. The number of aryl methyl sites for hydroxylation is 2. The Morgan fingerprint density at radius 1 is 0.613 bits per heavy atom. The standard InChI is InChI=1S/C14H14NO.2C8H7BrO.C6H7N.C5H6N2.2CH2O3.BrH.2Na.H2O.H2/c1-12-7-5-6-10-15(12)11-14(16)13-8-3-2-4-9-13;2*9-6-8(10)7-4-2-1-3-5-7;1-6-4-2-3-5-7-6;6-5-3-1-2-4-7-5;2*2-1-4-3;;;;;/h2-10H,11H2,1H3;2*1-5H,6H2;2-5H,1H3;1-4H,(H2,6,7);2*1,3H;1H;;;1H2;1H/q+1;;;;;;;;2*+1;;/p-3/i;;;;;;;;;;;1+1. The van der Waals surface area contributed by atoms with Crippen LogP contribution in [0.1, 0.15) is 43.9 Å². The maximum atomic E-state index is 11.9. The van der Waals surface area contributed by atoms with Gasteiger partial charge in [0.05, 0.1) is 10.7 Å². The van der Waals surface area contributed by atoms with Gasteiger partial charge in [0.25, 0.3) is 12.9 Å². The minimum atomic E-state index is -0.181. The van der Waals surface area contributed by atoms with Crippen LogP contribution in [0.3, 0.4) is 0 Å². The average molecular weight is 1070 g/mol. The number of nitrogens with two attached hydrogens (primary N) is 1. The SMILES string of the molecule is Cc1cccc[n+]1CC(=O)c1ccccc1.Cc1ccccn1.Nc1ccccn1.O.O=C(CBr)c1ccccc1.O=C(CBr)c1ccccc1.O=CO[O-].O=CO[O-].[2HH].[Br-].[Na+].[Na+]. The fourth-order valence-electron chi connectivity index (χ4n) is 3.84. The number of hydrogen-bond donors (Lipinski definition) is 1. The van der Waals surface area contributed by atoms with E-state index in [1.807, 2.05) is 164 Å². The Hall–Kier alpha value is -3.82. The molecule has 0 fully saturated rings. The molecule has 3 aromatic carbocycles. The van der Waals surface area contributed by atoms with Gasteiger partial charge in [0.2, 0.25) is 12.3 Å². The predicted octanol–water partition coefficient (Wildman–Crippen LogP) is -3.95. The zero-order chi connectivity index (χ0) is 43.2. The van der Waals surface area contributed by atoms with Gasteiger partial charge < -0.3 is 48.5 Å². The van der Waals surface area contributed by atoms with Gasteiger partial charge in [-0.2, -0.15) is 4.57 Å². The van der Waals surface area contributed by atoms with E-state index in [9.17, 15) is 14.4 Å². The molecule has 19 heteroatoms. The van der Waals surface area contributed by atoms with Gasteiger partial charge in [-0.05, 0) is 31.2 Å². The Morgan fingerprint density at radius 2 is 0.968 bits per heavy atom. The topological polar surface area (TPSA) is 237 Å². The number of carbonyl (C=O) groups is 5. The molecule has 0 atom stereocenters. The number of anilines is 1. The largest absolute Gasteiger partial charge is 1.00 e. The number of ketones is 3. The number of nitrogens with zero attached hydrogens (tertiary/aromatic N) is 3. The Bertz CT molecular complexity index is 1900. The molecule has 0 saturated heterocycles. The number of alkyl halides is 2. The molecule has 0 aliphatic rings. The number of halogens is 3. The van der Waals surface area contributed by atoms with Crippen LogP contribution in [0.25, 0.3) is 0 Å². The first-order chi connectivity index (χ1) is 28.1. The number of carbonyl (C=O) groups excluding carboxylic acids is 5. The Balaban J connectivity index is -0.000000155. The van der Waals surface area contributed by atoms with Crippen molar-refractivity contribution in [3.05, 3.63) is 192 Å². The molecule has 3 heterocycles. The van der Waals surface area contributed by atoms with Gasteiger partial charge in [0.1, 0.15) is 5.82 Å². The number of benzene rings is 3. The fraction of sp³-hybridized carbons (Fsp3) is 0.116. The van der Waals surface area contributed by atoms with Crippen molar-refractivity contribution >= 4 is 68.0 Å². The average Bonchev–Trinajstić information content (AvgIpc) is 3.29. The van der Waals surface area contributed by atoms with E-state index < -0.39 is 0 Å². The van der Waals surface area contributed by atoms with Gasteiger partial charge in [0, 0.05) is 55.3 Å². The van der Waals surface area contributed by atoms with Crippen LogP contribution in [-0.2, 0) is 25.9 Å². The van der Waals surface area contributed by atoms with Crippen molar-refractivity contribution in [2.24, 2.45) is 0 Å². The molecule has 0 amide bonds. The summed E-state index contributed by atoms with van der Waals surface area (Å²) in [6.45, 7) is 4.01. The van der Waals surface area contributed by atoms with E-state index in [1.165, 1.54) is 0 Å². The smallest absolute Gasteiger partial charge is 1.00 e. The van der Waals surface area contributed by atoms with E-state index in [1.54, 1.807) is 18.5 Å². The summed E-state index contributed by atoms with van der Waals surface area (Å²) in [5, 5.41) is 17.7. The maximum absolute atomic E-state index is 11.9. The van der Waals surface area contributed by atoms with E-state index in [0.29, 0.717) is 23.0 Å². The Morgan fingerprint density at radius 3 is 1.23 bits per heavy atom. The summed E-state index contributed by atoms with van der Waals surface area (Å²) in [7, 11) is 0. The molecular formula is C43H47Br3N4Na2O10. The van der Waals surface area contributed by atoms with Crippen LogP contribution in [-0.4, -0.2) is 56.4 Å². The molecule has 322 valence electrons. The zero-order valence-electron chi connectivity index (χ0n) is 34.6. The first-order valence-corrected chi connectivity index (χ1v) is 19.1. The monoisotopic (exact) mass is 1060 g/mol. The second-order valence-electron chi connectivity index (χ2n) is 10.7. The van der Waals surface area contributed by atoms with Crippen molar-refractivity contribution in [2.75, 3.05) is 16.4 Å². The van der Waals surface area contributed by atoms with Crippen molar-refractivity contribution in [1.82, 2.24) is 9.97 Å². The number of nitrogen functional groups attached to an aromatic ring is 1. The quantitative estimate of drug-likeness (QED) is 0.0278. The van der Waals surface area contributed by atoms with Crippen molar-refractivity contribution in [3.8, 4) is 0 Å². The van der Waals surface area contributed by atoms with Crippen LogP contribution in [0.5, 0.6) is 0 Å². The van der Waals surface area contributed by atoms with Gasteiger partial charge in [-0.3, -0.25) is 29.0 Å². The van der Waals surface area contributed by atoms with Crippen LogP contribution in [0, 0.1) is 13.8 Å². The molecule has 62 heavy (non-hydrogen) atoms. The molecule has 4 N–H and O–H groups in total. The molecular weight excluding hydrogens is 1020 g/mol. The molecule has 0 radical (unpaired) electrons. The third-order valence-electron chi connectivity index (χ3n) is 6.59. The second-order valence-corrected chi connectivity index (χ2v) is 11.8. The van der Waals surface area contributed by atoms with E-state index in [4.69, 9.17) is 25.8 Å². The number of rotatable bonds is 9. The molecule has 6 aromatic rings. The minimum absolute atomic E-state index is 0.